The largest absolute Gasteiger partial charge is 0.384 e. The van der Waals surface area contributed by atoms with Crippen molar-refractivity contribution < 1.29 is 13.2 Å². The van der Waals surface area contributed by atoms with Crippen LogP contribution in [0.1, 0.15) is 31.2 Å². The Morgan fingerprint density at radius 2 is 1.87 bits per heavy atom. The molecule has 1 aromatic carbocycles. The highest BCUT2D eigenvalue weighted by atomic mass is 35.5. The van der Waals surface area contributed by atoms with Crippen molar-refractivity contribution in [3.63, 3.8) is 0 Å². The van der Waals surface area contributed by atoms with Crippen LogP contribution in [0.3, 0.4) is 0 Å². The summed E-state index contributed by atoms with van der Waals surface area (Å²) in [6, 6.07) is 6.80. The Morgan fingerprint density at radius 3 is 2.39 bits per heavy atom. The van der Waals surface area contributed by atoms with Crippen molar-refractivity contribution in [2.24, 2.45) is 11.7 Å². The molecule has 7 heteroatoms. The smallest absolute Gasteiger partial charge is 0.240 e. The van der Waals surface area contributed by atoms with Crippen LogP contribution < -0.4 is 10.5 Å². The molecule has 1 atom stereocenters. The van der Waals surface area contributed by atoms with Crippen molar-refractivity contribution in [2.45, 2.75) is 43.0 Å². The van der Waals surface area contributed by atoms with Crippen molar-refractivity contribution in [3.05, 3.63) is 29.8 Å². The van der Waals surface area contributed by atoms with E-state index in [-0.39, 0.29) is 18.4 Å². The topological polar surface area (TPSA) is 81.4 Å². The molecule has 1 aliphatic carbocycles. The van der Waals surface area contributed by atoms with Crippen molar-refractivity contribution in [3.8, 4) is 0 Å². The van der Waals surface area contributed by atoms with E-state index in [1.807, 2.05) is 12.1 Å². The number of hydrogen-bond donors (Lipinski definition) is 2. The van der Waals surface area contributed by atoms with Gasteiger partial charge in [0.25, 0.3) is 0 Å². The van der Waals surface area contributed by atoms with Gasteiger partial charge in [0.2, 0.25) is 10.0 Å². The van der Waals surface area contributed by atoms with Crippen LogP contribution in [0.25, 0.3) is 0 Å². The third kappa shape index (κ3) is 5.72. The molecule has 1 aliphatic rings. The summed E-state index contributed by atoms with van der Waals surface area (Å²) in [6.07, 6.45) is 5.21. The van der Waals surface area contributed by atoms with Crippen LogP contribution in [-0.4, -0.2) is 34.7 Å². The molecular weight excluding hydrogens is 336 g/mol. The first-order valence-electron chi connectivity index (χ1n) is 7.87. The Morgan fingerprint density at radius 1 is 1.26 bits per heavy atom. The molecule has 0 radical (unpaired) electrons. The van der Waals surface area contributed by atoms with Gasteiger partial charge < -0.3 is 10.5 Å². The molecule has 1 unspecified atom stereocenters. The van der Waals surface area contributed by atoms with E-state index in [1.54, 1.807) is 19.2 Å². The van der Waals surface area contributed by atoms with E-state index in [0.717, 1.165) is 37.7 Å². The van der Waals surface area contributed by atoms with E-state index in [0.29, 0.717) is 24.0 Å². The maximum Gasteiger partial charge on any atom is 0.240 e. The van der Waals surface area contributed by atoms with Crippen LogP contribution in [0.5, 0.6) is 0 Å². The number of benzene rings is 1. The molecule has 1 aromatic rings. The number of nitrogens with one attached hydrogen (secondary N) is 1. The Hall–Kier alpha value is -0.660. The summed E-state index contributed by atoms with van der Waals surface area (Å²) in [4.78, 5) is 0.296. The second-order valence-electron chi connectivity index (χ2n) is 5.89. The summed E-state index contributed by atoms with van der Waals surface area (Å²) in [5.74, 6) is 0.362. The van der Waals surface area contributed by atoms with E-state index in [1.165, 1.54) is 0 Å². The van der Waals surface area contributed by atoms with Gasteiger partial charge in [-0.25, -0.2) is 13.1 Å². The zero-order valence-electron chi connectivity index (χ0n) is 13.5. The lowest BCUT2D eigenvalue weighted by Gasteiger charge is -2.23. The summed E-state index contributed by atoms with van der Waals surface area (Å²) in [7, 11) is -1.86. The van der Waals surface area contributed by atoms with Crippen LogP contribution in [0.2, 0.25) is 0 Å². The molecule has 0 aromatic heterocycles. The Bertz CT molecular complexity index is 557. The summed E-state index contributed by atoms with van der Waals surface area (Å²) >= 11 is 0. The fourth-order valence-corrected chi connectivity index (χ4v) is 4.34. The lowest BCUT2D eigenvalue weighted by molar-refractivity contribution is 0.202. The molecule has 0 saturated heterocycles. The van der Waals surface area contributed by atoms with E-state index < -0.39 is 10.0 Å². The van der Waals surface area contributed by atoms with Gasteiger partial charge in [-0.1, -0.05) is 25.0 Å². The molecule has 0 bridgehead atoms. The monoisotopic (exact) mass is 362 g/mol. The first-order valence-corrected chi connectivity index (χ1v) is 9.35. The van der Waals surface area contributed by atoms with Gasteiger partial charge >= 0.3 is 0 Å². The number of hydrogen-bond acceptors (Lipinski definition) is 4. The molecule has 0 amide bonds. The molecule has 1 fully saturated rings. The van der Waals surface area contributed by atoms with Crippen LogP contribution in [0, 0.1) is 5.92 Å². The molecule has 132 valence electrons. The Balaban J connectivity index is 0.00000264. The van der Waals surface area contributed by atoms with Crippen LogP contribution in [-0.2, 0) is 21.2 Å². The molecule has 5 nitrogen and oxygen atoms in total. The third-order valence-electron chi connectivity index (χ3n) is 4.36. The molecule has 2 rings (SSSR count). The average molecular weight is 363 g/mol. The molecule has 1 saturated carbocycles. The number of ether oxygens (including phenoxy) is 1. The molecule has 0 heterocycles. The number of nitrogens with two attached hydrogens (primary N) is 1. The second-order valence-corrected chi connectivity index (χ2v) is 7.61. The van der Waals surface area contributed by atoms with Gasteiger partial charge in [0.1, 0.15) is 0 Å². The minimum Gasteiger partial charge on any atom is -0.384 e. The molecule has 23 heavy (non-hydrogen) atoms. The van der Waals surface area contributed by atoms with Gasteiger partial charge in [0.15, 0.2) is 0 Å². The number of methoxy groups -OCH3 is 1. The summed E-state index contributed by atoms with van der Waals surface area (Å²) in [6.45, 7) is 0.969. The fourth-order valence-electron chi connectivity index (χ4n) is 3.02. The molecule has 0 spiro atoms. The van der Waals surface area contributed by atoms with Crippen molar-refractivity contribution in [2.75, 3.05) is 20.3 Å². The van der Waals surface area contributed by atoms with Gasteiger partial charge in [-0.15, -0.1) is 12.4 Å². The number of halogens is 1. The van der Waals surface area contributed by atoms with Crippen molar-refractivity contribution in [1.82, 2.24) is 4.72 Å². The van der Waals surface area contributed by atoms with E-state index in [2.05, 4.69) is 4.72 Å². The van der Waals surface area contributed by atoms with E-state index in [4.69, 9.17) is 10.5 Å². The van der Waals surface area contributed by atoms with Crippen molar-refractivity contribution >= 4 is 22.4 Å². The standard InChI is InChI=1S/C16H26N2O3S.ClH/c1-21-11-10-13-6-8-15(9-7-13)22(19,20)18-16(12-17)14-4-2-3-5-14;/h6-9,14,16,18H,2-5,10-12,17H2,1H3;1H. The van der Waals surface area contributed by atoms with Gasteiger partial charge in [0, 0.05) is 19.7 Å². The minimum absolute atomic E-state index is 0. The molecular formula is C16H27ClN2O3S. The number of sulfonamides is 1. The highest BCUT2D eigenvalue weighted by Crippen LogP contribution is 2.28. The van der Waals surface area contributed by atoms with E-state index in [9.17, 15) is 8.42 Å². The highest BCUT2D eigenvalue weighted by Gasteiger charge is 2.28. The van der Waals surface area contributed by atoms with Gasteiger partial charge in [0.05, 0.1) is 11.5 Å². The maximum absolute atomic E-state index is 12.5. The quantitative estimate of drug-likeness (QED) is 0.742. The number of rotatable bonds is 8. The van der Waals surface area contributed by atoms with E-state index >= 15 is 0 Å². The minimum atomic E-state index is -3.51. The summed E-state index contributed by atoms with van der Waals surface area (Å²) < 4.78 is 32.8. The first kappa shape index (κ1) is 20.4. The second kappa shape index (κ2) is 9.59. The lowest BCUT2D eigenvalue weighted by Crippen LogP contribution is -2.44. The average Bonchev–Trinajstić information content (AvgIpc) is 3.05. The van der Waals surface area contributed by atoms with Gasteiger partial charge in [-0.05, 0) is 42.9 Å². The highest BCUT2D eigenvalue weighted by molar-refractivity contribution is 7.89. The zero-order chi connectivity index (χ0) is 16.0. The lowest BCUT2D eigenvalue weighted by atomic mass is 9.99. The summed E-state index contributed by atoms with van der Waals surface area (Å²) in [5, 5.41) is 0. The normalized spacial score (nSPS) is 17.0. The fraction of sp³-hybridized carbons (Fsp3) is 0.625. The van der Waals surface area contributed by atoms with Crippen LogP contribution in [0.4, 0.5) is 0 Å². The first-order chi connectivity index (χ1) is 10.6. The summed E-state index contributed by atoms with van der Waals surface area (Å²) in [5.41, 5.74) is 6.84. The zero-order valence-corrected chi connectivity index (χ0v) is 15.2. The maximum atomic E-state index is 12.5. The van der Waals surface area contributed by atoms with Gasteiger partial charge in [-0.3, -0.25) is 0 Å². The third-order valence-corrected chi connectivity index (χ3v) is 5.86. The van der Waals surface area contributed by atoms with Gasteiger partial charge in [-0.2, -0.15) is 0 Å². The van der Waals surface area contributed by atoms with Crippen LogP contribution >= 0.6 is 12.4 Å². The Labute approximate surface area is 145 Å². The van der Waals surface area contributed by atoms with Crippen molar-refractivity contribution in [1.29, 1.82) is 0 Å². The van der Waals surface area contributed by atoms with Crippen LogP contribution in [0.15, 0.2) is 29.2 Å². The predicted molar refractivity (Wildman–Crippen MR) is 94.4 cm³/mol. The molecule has 0 aliphatic heterocycles. The molecule has 3 N–H and O–H groups in total. The predicted octanol–water partition coefficient (Wildman–Crippen LogP) is 2.09. The SMILES string of the molecule is COCCc1ccc(S(=O)(=O)NC(CN)C2CCCC2)cc1.Cl. The Kier molecular flexibility index (Phi) is 8.50.